The fraction of sp³-hybridized carbons (Fsp3) is 0. The van der Waals surface area contributed by atoms with Crippen molar-refractivity contribution in [2.24, 2.45) is 0 Å². The summed E-state index contributed by atoms with van der Waals surface area (Å²) in [5.74, 6) is 0. The van der Waals surface area contributed by atoms with E-state index >= 15 is 0 Å². The summed E-state index contributed by atoms with van der Waals surface area (Å²) >= 11 is 0. The lowest BCUT2D eigenvalue weighted by molar-refractivity contribution is -0.394. The highest BCUT2D eigenvalue weighted by molar-refractivity contribution is 5.42. The van der Waals surface area contributed by atoms with Gasteiger partial charge >= 0.3 is 0 Å². The van der Waals surface area contributed by atoms with Crippen molar-refractivity contribution in [3.8, 4) is 0 Å². The van der Waals surface area contributed by atoms with Gasteiger partial charge in [-0.2, -0.15) is 15.4 Å². The first-order chi connectivity index (χ1) is 8.11. The Labute approximate surface area is 94.4 Å². The number of H-pyrrole nitrogens is 1. The molecule has 1 aromatic carbocycles. The van der Waals surface area contributed by atoms with Gasteiger partial charge in [0.1, 0.15) is 0 Å². The number of rotatable bonds is 2. The fourth-order valence-corrected chi connectivity index (χ4v) is 0.887. The third-order valence-corrected chi connectivity index (χ3v) is 1.58. The molecule has 17 heavy (non-hydrogen) atoms. The Kier molecular flexibility index (Phi) is 4.25. The van der Waals surface area contributed by atoms with Gasteiger partial charge in [0.25, 0.3) is 11.4 Å². The first-order valence-corrected chi connectivity index (χ1v) is 4.30. The van der Waals surface area contributed by atoms with Crippen molar-refractivity contribution in [2.45, 2.75) is 0 Å². The van der Waals surface area contributed by atoms with Gasteiger partial charge in [0.05, 0.1) is 28.3 Å². The highest BCUT2D eigenvalue weighted by Crippen LogP contribution is 2.18. The fourth-order valence-electron chi connectivity index (χ4n) is 0.887. The highest BCUT2D eigenvalue weighted by atomic mass is 16.6. The van der Waals surface area contributed by atoms with Gasteiger partial charge in [0.2, 0.25) is 0 Å². The number of benzene rings is 1. The molecule has 0 radical (unpaired) electrons. The van der Waals surface area contributed by atoms with Crippen molar-refractivity contribution < 1.29 is 9.85 Å². The van der Waals surface area contributed by atoms with E-state index < -0.39 is 9.85 Å². The van der Waals surface area contributed by atoms with E-state index in [-0.39, 0.29) is 11.4 Å². The number of nitrogens with one attached hydrogen (secondary N) is 1. The molecule has 0 aliphatic rings. The second kappa shape index (κ2) is 5.90. The van der Waals surface area contributed by atoms with Crippen LogP contribution in [0.1, 0.15) is 0 Å². The molecular formula is C8H7N5O4. The molecule has 9 heteroatoms. The van der Waals surface area contributed by atoms with Crippen molar-refractivity contribution in [3.05, 3.63) is 56.9 Å². The van der Waals surface area contributed by atoms with E-state index in [2.05, 4.69) is 15.4 Å². The predicted octanol–water partition coefficient (Wildman–Crippen LogP) is 1.31. The largest absolute Gasteiger partial charge is 0.276 e. The average molecular weight is 237 g/mol. The Morgan fingerprint density at radius 1 is 1.00 bits per heavy atom. The first-order valence-electron chi connectivity index (χ1n) is 4.30. The molecule has 0 amide bonds. The molecule has 1 N–H and O–H groups in total. The first kappa shape index (κ1) is 12.2. The van der Waals surface area contributed by atoms with Gasteiger partial charge in [-0.15, -0.1) is 0 Å². The second-order valence-electron chi connectivity index (χ2n) is 2.69. The lowest BCUT2D eigenvalue weighted by Crippen LogP contribution is -1.91. The normalized spacial score (nSPS) is 8.94. The van der Waals surface area contributed by atoms with Crippen LogP contribution in [0.2, 0.25) is 0 Å². The van der Waals surface area contributed by atoms with Gasteiger partial charge in [-0.1, -0.05) is 0 Å². The summed E-state index contributed by atoms with van der Waals surface area (Å²) in [6.07, 6.45) is 3.17. The van der Waals surface area contributed by atoms with E-state index in [0.29, 0.717) is 0 Å². The maximum Gasteiger partial charge on any atom is 0.276 e. The van der Waals surface area contributed by atoms with E-state index in [9.17, 15) is 20.2 Å². The Morgan fingerprint density at radius 2 is 1.47 bits per heavy atom. The third-order valence-electron chi connectivity index (χ3n) is 1.58. The lowest BCUT2D eigenvalue weighted by Gasteiger charge is -1.90. The summed E-state index contributed by atoms with van der Waals surface area (Å²) in [4.78, 5) is 19.0. The number of aromatic nitrogens is 3. The molecule has 9 nitrogen and oxygen atoms in total. The van der Waals surface area contributed by atoms with E-state index in [0.717, 1.165) is 6.07 Å². The Morgan fingerprint density at radius 3 is 1.76 bits per heavy atom. The van der Waals surface area contributed by atoms with Crippen LogP contribution in [0.15, 0.2) is 36.7 Å². The van der Waals surface area contributed by atoms with Crippen LogP contribution < -0.4 is 0 Å². The van der Waals surface area contributed by atoms with Crippen LogP contribution in [-0.4, -0.2) is 25.3 Å². The van der Waals surface area contributed by atoms with Gasteiger partial charge in [0.15, 0.2) is 0 Å². The van der Waals surface area contributed by atoms with E-state index in [1.54, 1.807) is 12.4 Å². The number of nitro groups is 2. The van der Waals surface area contributed by atoms with Crippen LogP contribution >= 0.6 is 0 Å². The molecule has 0 saturated heterocycles. The summed E-state index contributed by atoms with van der Waals surface area (Å²) in [5.41, 5.74) is -0.548. The molecule has 0 spiro atoms. The van der Waals surface area contributed by atoms with Crippen molar-refractivity contribution in [1.82, 2.24) is 15.4 Å². The standard InChI is InChI=1S/C6H4N2O4.C2H3N3/c9-7(10)5-2-1-3-6(4-5)8(11)12;1-2-4-5-3-1/h1-4H;1-2H,(H,3,4,5). The smallest absolute Gasteiger partial charge is 0.258 e. The molecule has 88 valence electrons. The number of nitro benzene ring substituents is 2. The monoisotopic (exact) mass is 237 g/mol. The van der Waals surface area contributed by atoms with Gasteiger partial charge in [0, 0.05) is 12.1 Å². The van der Waals surface area contributed by atoms with Gasteiger partial charge in [-0.25, -0.2) is 0 Å². The zero-order valence-corrected chi connectivity index (χ0v) is 8.39. The van der Waals surface area contributed by atoms with E-state index in [1.807, 2.05) is 0 Å². The molecule has 0 unspecified atom stereocenters. The Bertz CT molecular complexity index is 452. The molecule has 0 bridgehead atoms. The van der Waals surface area contributed by atoms with Crippen LogP contribution in [0.3, 0.4) is 0 Å². The highest BCUT2D eigenvalue weighted by Gasteiger charge is 2.11. The molecule has 0 atom stereocenters. The average Bonchev–Trinajstić information content (AvgIpc) is 2.87. The number of hydrogen-bond donors (Lipinski definition) is 1. The molecule has 2 aromatic rings. The Balaban J connectivity index is 0.000000239. The summed E-state index contributed by atoms with van der Waals surface area (Å²) in [6, 6.07) is 4.59. The van der Waals surface area contributed by atoms with Crippen molar-refractivity contribution in [3.63, 3.8) is 0 Å². The molecule has 1 aromatic heterocycles. The summed E-state index contributed by atoms with van der Waals surface area (Å²) < 4.78 is 0. The predicted molar refractivity (Wildman–Crippen MR) is 56.1 cm³/mol. The van der Waals surface area contributed by atoms with E-state index in [1.165, 1.54) is 18.2 Å². The van der Waals surface area contributed by atoms with Gasteiger partial charge < -0.3 is 0 Å². The minimum absolute atomic E-state index is 0.274. The number of hydrogen-bond acceptors (Lipinski definition) is 6. The topological polar surface area (TPSA) is 128 Å². The summed E-state index contributed by atoms with van der Waals surface area (Å²) in [5, 5.41) is 29.7. The van der Waals surface area contributed by atoms with Gasteiger partial charge in [-0.05, 0) is 6.07 Å². The maximum atomic E-state index is 10.2. The lowest BCUT2D eigenvalue weighted by atomic mass is 10.3. The van der Waals surface area contributed by atoms with E-state index in [4.69, 9.17) is 0 Å². The molecule has 0 saturated carbocycles. The molecule has 1 heterocycles. The summed E-state index contributed by atoms with van der Waals surface area (Å²) in [7, 11) is 0. The zero-order chi connectivity index (χ0) is 12.7. The quantitative estimate of drug-likeness (QED) is 0.619. The molecular weight excluding hydrogens is 230 g/mol. The number of aromatic amines is 1. The maximum absolute atomic E-state index is 10.2. The molecule has 2 rings (SSSR count). The van der Waals surface area contributed by atoms with Crippen molar-refractivity contribution in [2.75, 3.05) is 0 Å². The molecule has 0 aliphatic heterocycles. The number of nitrogens with zero attached hydrogens (tertiary/aromatic N) is 4. The second-order valence-corrected chi connectivity index (χ2v) is 2.69. The Hall–Kier alpha value is -2.84. The van der Waals surface area contributed by atoms with Crippen LogP contribution in [0, 0.1) is 20.2 Å². The van der Waals surface area contributed by atoms with Crippen molar-refractivity contribution in [1.29, 1.82) is 0 Å². The van der Waals surface area contributed by atoms with Crippen LogP contribution in [0.25, 0.3) is 0 Å². The minimum atomic E-state index is -0.674. The summed E-state index contributed by atoms with van der Waals surface area (Å²) in [6.45, 7) is 0. The van der Waals surface area contributed by atoms with Crippen LogP contribution in [0.4, 0.5) is 11.4 Å². The number of non-ortho nitro benzene ring substituents is 2. The third kappa shape index (κ3) is 4.03. The van der Waals surface area contributed by atoms with Crippen molar-refractivity contribution >= 4 is 11.4 Å². The zero-order valence-electron chi connectivity index (χ0n) is 8.39. The SMILES string of the molecule is O=[N+]([O-])c1cccc([N+](=O)[O-])c1.c1cn[nH]n1. The van der Waals surface area contributed by atoms with Crippen LogP contribution in [0.5, 0.6) is 0 Å². The molecule has 0 aliphatic carbocycles. The molecule has 0 fully saturated rings. The minimum Gasteiger partial charge on any atom is -0.258 e. The van der Waals surface area contributed by atoms with Gasteiger partial charge in [-0.3, -0.25) is 20.2 Å². The van der Waals surface area contributed by atoms with Crippen LogP contribution in [-0.2, 0) is 0 Å².